The first-order valence-corrected chi connectivity index (χ1v) is 6.99. The van der Waals surface area contributed by atoms with Crippen molar-refractivity contribution in [2.24, 2.45) is 0 Å². The van der Waals surface area contributed by atoms with E-state index in [9.17, 15) is 4.79 Å². The highest BCUT2D eigenvalue weighted by Gasteiger charge is 2.11. The van der Waals surface area contributed by atoms with Gasteiger partial charge in [-0.15, -0.1) is 0 Å². The lowest BCUT2D eigenvalue weighted by molar-refractivity contribution is 0.249. The number of ether oxygens (including phenoxy) is 1. The summed E-state index contributed by atoms with van der Waals surface area (Å²) in [4.78, 5) is 12.0. The van der Waals surface area contributed by atoms with Gasteiger partial charge in [-0.3, -0.25) is 0 Å². The van der Waals surface area contributed by atoms with Crippen molar-refractivity contribution in [2.45, 2.75) is 26.3 Å². The van der Waals surface area contributed by atoms with Gasteiger partial charge in [-0.25, -0.2) is 4.79 Å². The molecule has 1 unspecified atom stereocenters. The van der Waals surface area contributed by atoms with Gasteiger partial charge in [-0.05, 0) is 44.0 Å². The Labute approximate surface area is 124 Å². The number of anilines is 1. The van der Waals surface area contributed by atoms with Crippen molar-refractivity contribution >= 4 is 11.7 Å². The number of hydrogen-bond acceptors (Lipinski definition) is 3. The molecule has 1 aromatic heterocycles. The summed E-state index contributed by atoms with van der Waals surface area (Å²) in [6, 6.07) is 9.00. The first kappa shape index (κ1) is 15.0. The predicted molar refractivity (Wildman–Crippen MR) is 81.6 cm³/mol. The van der Waals surface area contributed by atoms with E-state index >= 15 is 0 Å². The van der Waals surface area contributed by atoms with Gasteiger partial charge >= 0.3 is 6.03 Å². The number of hydrogen-bond donors (Lipinski definition) is 2. The number of benzene rings is 1. The highest BCUT2D eigenvalue weighted by Crippen LogP contribution is 2.23. The summed E-state index contributed by atoms with van der Waals surface area (Å²) in [5.74, 6) is 0.664. The third-order valence-corrected chi connectivity index (χ3v) is 2.93. The van der Waals surface area contributed by atoms with Crippen LogP contribution in [0, 0.1) is 0 Å². The van der Waals surface area contributed by atoms with Crippen molar-refractivity contribution in [2.75, 3.05) is 11.9 Å². The number of para-hydroxylation sites is 2. The molecule has 112 valence electrons. The molecule has 0 aliphatic heterocycles. The van der Waals surface area contributed by atoms with Crippen LogP contribution in [0.15, 0.2) is 47.3 Å². The first-order valence-electron chi connectivity index (χ1n) is 6.99. The molecule has 0 bridgehead atoms. The van der Waals surface area contributed by atoms with E-state index in [-0.39, 0.29) is 12.1 Å². The molecule has 2 rings (SSSR count). The van der Waals surface area contributed by atoms with Crippen LogP contribution in [0.3, 0.4) is 0 Å². The molecule has 2 aromatic rings. The zero-order valence-corrected chi connectivity index (χ0v) is 12.3. The van der Waals surface area contributed by atoms with Crippen LogP contribution < -0.4 is 15.4 Å². The highest BCUT2D eigenvalue weighted by atomic mass is 16.5. The van der Waals surface area contributed by atoms with Crippen molar-refractivity contribution in [3.05, 3.63) is 48.4 Å². The van der Waals surface area contributed by atoms with Crippen LogP contribution in [0.4, 0.5) is 10.5 Å². The van der Waals surface area contributed by atoms with Crippen molar-refractivity contribution in [3.8, 4) is 5.75 Å². The molecule has 0 saturated heterocycles. The minimum atomic E-state index is -0.252. The van der Waals surface area contributed by atoms with E-state index in [4.69, 9.17) is 9.15 Å². The number of furan rings is 1. The highest BCUT2D eigenvalue weighted by molar-refractivity contribution is 5.91. The van der Waals surface area contributed by atoms with Crippen molar-refractivity contribution in [3.63, 3.8) is 0 Å². The summed E-state index contributed by atoms with van der Waals surface area (Å²) >= 11 is 0. The number of rotatable bonds is 6. The number of nitrogens with one attached hydrogen (secondary N) is 2. The van der Waals surface area contributed by atoms with Crippen LogP contribution in [-0.2, 0) is 6.42 Å². The van der Waals surface area contributed by atoms with Gasteiger partial charge in [-0.2, -0.15) is 0 Å². The van der Waals surface area contributed by atoms with Crippen LogP contribution in [0.2, 0.25) is 0 Å². The molecule has 0 saturated carbocycles. The lowest BCUT2D eigenvalue weighted by Crippen LogP contribution is -2.37. The quantitative estimate of drug-likeness (QED) is 0.856. The Morgan fingerprint density at radius 3 is 2.86 bits per heavy atom. The second kappa shape index (κ2) is 7.38. The maximum atomic E-state index is 12.0. The largest absolute Gasteiger partial charge is 0.492 e. The van der Waals surface area contributed by atoms with E-state index in [0.29, 0.717) is 18.0 Å². The maximum absolute atomic E-state index is 12.0. The van der Waals surface area contributed by atoms with Crippen molar-refractivity contribution < 1.29 is 13.9 Å². The molecule has 0 radical (unpaired) electrons. The van der Waals surface area contributed by atoms with Gasteiger partial charge in [0, 0.05) is 6.04 Å². The van der Waals surface area contributed by atoms with Crippen molar-refractivity contribution in [1.29, 1.82) is 0 Å². The number of amides is 2. The fourth-order valence-corrected chi connectivity index (χ4v) is 2.05. The molecule has 1 aromatic carbocycles. The van der Waals surface area contributed by atoms with Gasteiger partial charge in [0.15, 0.2) is 0 Å². The average molecular weight is 288 g/mol. The summed E-state index contributed by atoms with van der Waals surface area (Å²) in [7, 11) is 0. The Bertz CT molecular complexity index is 567. The molecule has 2 amide bonds. The van der Waals surface area contributed by atoms with Gasteiger partial charge < -0.3 is 19.8 Å². The van der Waals surface area contributed by atoms with E-state index in [2.05, 4.69) is 10.6 Å². The topological polar surface area (TPSA) is 63.5 Å². The fourth-order valence-electron chi connectivity index (χ4n) is 2.05. The SMILES string of the molecule is CCOc1ccccc1NC(=O)NC(C)Cc1ccoc1. The first-order chi connectivity index (χ1) is 10.2. The fraction of sp³-hybridized carbons (Fsp3) is 0.312. The second-order valence-corrected chi connectivity index (χ2v) is 4.76. The summed E-state index contributed by atoms with van der Waals surface area (Å²) in [6.45, 7) is 4.40. The normalized spacial score (nSPS) is 11.7. The molecule has 0 fully saturated rings. The van der Waals surface area contributed by atoms with Gasteiger partial charge in [0.05, 0.1) is 24.8 Å². The third-order valence-electron chi connectivity index (χ3n) is 2.93. The molecule has 1 atom stereocenters. The van der Waals surface area contributed by atoms with Gasteiger partial charge in [0.2, 0.25) is 0 Å². The van der Waals surface area contributed by atoms with Gasteiger partial charge in [0.1, 0.15) is 5.75 Å². The zero-order chi connectivity index (χ0) is 15.1. The smallest absolute Gasteiger partial charge is 0.319 e. The number of carbonyl (C=O) groups excluding carboxylic acids is 1. The lowest BCUT2D eigenvalue weighted by atomic mass is 10.1. The summed E-state index contributed by atoms with van der Waals surface area (Å²) in [5, 5.41) is 5.70. The second-order valence-electron chi connectivity index (χ2n) is 4.76. The third kappa shape index (κ3) is 4.56. The molecule has 5 nitrogen and oxygen atoms in total. The van der Waals surface area contributed by atoms with E-state index in [1.807, 2.05) is 44.2 Å². The van der Waals surface area contributed by atoms with Crippen LogP contribution in [-0.4, -0.2) is 18.7 Å². The summed E-state index contributed by atoms with van der Waals surface area (Å²) in [6.07, 6.45) is 4.03. The van der Waals surface area contributed by atoms with E-state index < -0.39 is 0 Å². The number of carbonyl (C=O) groups is 1. The minimum absolute atomic E-state index is 0.00172. The monoisotopic (exact) mass is 288 g/mol. The zero-order valence-electron chi connectivity index (χ0n) is 12.3. The Hall–Kier alpha value is -2.43. The van der Waals surface area contributed by atoms with Crippen LogP contribution in [0.25, 0.3) is 0 Å². The molecule has 0 spiro atoms. The lowest BCUT2D eigenvalue weighted by Gasteiger charge is -2.15. The predicted octanol–water partition coefficient (Wildman–Crippen LogP) is 3.43. The van der Waals surface area contributed by atoms with Crippen LogP contribution >= 0.6 is 0 Å². The van der Waals surface area contributed by atoms with Gasteiger partial charge in [0.25, 0.3) is 0 Å². The molecule has 2 N–H and O–H groups in total. The molecule has 21 heavy (non-hydrogen) atoms. The van der Waals surface area contributed by atoms with E-state index in [1.165, 1.54) is 0 Å². The Morgan fingerprint density at radius 1 is 1.33 bits per heavy atom. The van der Waals surface area contributed by atoms with Crippen LogP contribution in [0.5, 0.6) is 5.75 Å². The Morgan fingerprint density at radius 2 is 2.14 bits per heavy atom. The average Bonchev–Trinajstić information content (AvgIpc) is 2.93. The molecule has 0 aliphatic carbocycles. The number of urea groups is 1. The molecule has 1 heterocycles. The Kier molecular flexibility index (Phi) is 5.26. The van der Waals surface area contributed by atoms with Gasteiger partial charge in [-0.1, -0.05) is 12.1 Å². The molecule has 0 aliphatic rings. The summed E-state index contributed by atoms with van der Waals surface area (Å²) < 4.78 is 10.5. The standard InChI is InChI=1S/C16H20N2O3/c1-3-21-15-7-5-4-6-14(15)18-16(19)17-12(2)10-13-8-9-20-11-13/h4-9,11-12H,3,10H2,1-2H3,(H2,17,18,19). The Balaban J connectivity index is 1.89. The minimum Gasteiger partial charge on any atom is -0.492 e. The molecular weight excluding hydrogens is 268 g/mol. The van der Waals surface area contributed by atoms with E-state index in [1.54, 1.807) is 12.5 Å². The molecule has 5 heteroatoms. The van der Waals surface area contributed by atoms with Crippen LogP contribution in [0.1, 0.15) is 19.4 Å². The maximum Gasteiger partial charge on any atom is 0.319 e. The van der Waals surface area contributed by atoms with E-state index in [0.717, 1.165) is 12.0 Å². The molecular formula is C16H20N2O3. The van der Waals surface area contributed by atoms with Crippen molar-refractivity contribution in [1.82, 2.24) is 5.32 Å². The summed E-state index contributed by atoms with van der Waals surface area (Å²) in [5.41, 5.74) is 1.71.